The third kappa shape index (κ3) is 3.78. The third-order valence-corrected chi connectivity index (χ3v) is 3.62. The lowest BCUT2D eigenvalue weighted by atomic mass is 10.1. The zero-order valence-corrected chi connectivity index (χ0v) is 11.6. The number of benzene rings is 1. The predicted molar refractivity (Wildman–Crippen MR) is 76.3 cm³/mol. The highest BCUT2D eigenvalue weighted by Gasteiger charge is 2.22. The Kier molecular flexibility index (Phi) is 4.93. The number of hydrogen-bond acceptors (Lipinski definition) is 3. The Labute approximate surface area is 114 Å². The SMILES string of the molecule is C[C@@H](NCC(=O)N(C)c1ccccc1)[C@@H]1CCCO1. The van der Waals surface area contributed by atoms with Crippen molar-refractivity contribution in [1.29, 1.82) is 0 Å². The maximum atomic E-state index is 12.1. The number of hydrogen-bond donors (Lipinski definition) is 1. The van der Waals surface area contributed by atoms with Crippen molar-refractivity contribution in [3.8, 4) is 0 Å². The number of likely N-dealkylation sites (N-methyl/N-ethyl adjacent to an activating group) is 1. The summed E-state index contributed by atoms with van der Waals surface area (Å²) in [6, 6.07) is 9.89. The van der Waals surface area contributed by atoms with E-state index in [4.69, 9.17) is 4.74 Å². The Balaban J connectivity index is 1.80. The van der Waals surface area contributed by atoms with Gasteiger partial charge in [-0.2, -0.15) is 0 Å². The Morgan fingerprint density at radius 3 is 2.84 bits per heavy atom. The van der Waals surface area contributed by atoms with Crippen molar-refractivity contribution in [3.63, 3.8) is 0 Å². The van der Waals surface area contributed by atoms with E-state index in [1.165, 1.54) is 0 Å². The van der Waals surface area contributed by atoms with Crippen LogP contribution < -0.4 is 10.2 Å². The number of para-hydroxylation sites is 1. The lowest BCUT2D eigenvalue weighted by Gasteiger charge is -2.22. The van der Waals surface area contributed by atoms with E-state index in [2.05, 4.69) is 12.2 Å². The van der Waals surface area contributed by atoms with Crippen molar-refractivity contribution < 1.29 is 9.53 Å². The van der Waals surface area contributed by atoms with Gasteiger partial charge in [0.1, 0.15) is 0 Å². The fraction of sp³-hybridized carbons (Fsp3) is 0.533. The first-order valence-electron chi connectivity index (χ1n) is 6.85. The molecule has 0 unspecified atom stereocenters. The standard InChI is InChI=1S/C15H22N2O2/c1-12(14-9-6-10-19-14)16-11-15(18)17(2)13-7-4-3-5-8-13/h3-5,7-8,12,14,16H,6,9-11H2,1-2H3/t12-,14+/m1/s1. The van der Waals surface area contributed by atoms with Crippen LogP contribution in [0.4, 0.5) is 5.69 Å². The highest BCUT2D eigenvalue weighted by Crippen LogP contribution is 2.15. The smallest absolute Gasteiger partial charge is 0.240 e. The van der Waals surface area contributed by atoms with Gasteiger partial charge in [0.15, 0.2) is 0 Å². The fourth-order valence-electron chi connectivity index (χ4n) is 2.29. The number of carbonyl (C=O) groups is 1. The summed E-state index contributed by atoms with van der Waals surface area (Å²) in [6.07, 6.45) is 2.45. The fourth-order valence-corrected chi connectivity index (χ4v) is 2.29. The minimum absolute atomic E-state index is 0.0658. The van der Waals surface area contributed by atoms with Gasteiger partial charge in [0, 0.05) is 25.4 Å². The second-order valence-corrected chi connectivity index (χ2v) is 5.01. The van der Waals surface area contributed by atoms with Crippen molar-refractivity contribution >= 4 is 11.6 Å². The van der Waals surface area contributed by atoms with Gasteiger partial charge < -0.3 is 15.0 Å². The minimum atomic E-state index is 0.0658. The van der Waals surface area contributed by atoms with Crippen molar-refractivity contribution in [2.24, 2.45) is 0 Å². The molecule has 0 aliphatic carbocycles. The van der Waals surface area contributed by atoms with Crippen LogP contribution in [-0.4, -0.2) is 38.3 Å². The van der Waals surface area contributed by atoms with Crippen LogP contribution >= 0.6 is 0 Å². The van der Waals surface area contributed by atoms with Gasteiger partial charge in [0.25, 0.3) is 0 Å². The van der Waals surface area contributed by atoms with Crippen LogP contribution in [0.25, 0.3) is 0 Å². The molecule has 0 radical (unpaired) electrons. The summed E-state index contributed by atoms with van der Waals surface area (Å²) in [5.41, 5.74) is 0.916. The number of rotatable bonds is 5. The molecule has 1 saturated heterocycles. The Morgan fingerprint density at radius 1 is 1.47 bits per heavy atom. The van der Waals surface area contributed by atoms with E-state index in [0.717, 1.165) is 25.1 Å². The van der Waals surface area contributed by atoms with E-state index in [0.29, 0.717) is 6.54 Å². The minimum Gasteiger partial charge on any atom is -0.377 e. The molecule has 0 saturated carbocycles. The molecular formula is C15H22N2O2. The average molecular weight is 262 g/mol. The molecule has 1 aromatic carbocycles. The Morgan fingerprint density at radius 2 is 2.21 bits per heavy atom. The highest BCUT2D eigenvalue weighted by molar-refractivity contribution is 5.94. The van der Waals surface area contributed by atoms with Crippen LogP contribution in [0.5, 0.6) is 0 Å². The second kappa shape index (κ2) is 6.68. The van der Waals surface area contributed by atoms with Crippen molar-refractivity contribution in [2.75, 3.05) is 25.1 Å². The molecule has 1 aliphatic heterocycles. The first-order valence-corrected chi connectivity index (χ1v) is 6.85. The largest absolute Gasteiger partial charge is 0.377 e. The molecule has 0 spiro atoms. The van der Waals surface area contributed by atoms with Gasteiger partial charge in [-0.05, 0) is 31.9 Å². The molecule has 19 heavy (non-hydrogen) atoms. The highest BCUT2D eigenvalue weighted by atomic mass is 16.5. The Bertz CT molecular complexity index is 402. The normalized spacial score (nSPS) is 20.2. The summed E-state index contributed by atoms with van der Waals surface area (Å²) in [7, 11) is 1.80. The number of nitrogens with one attached hydrogen (secondary N) is 1. The molecule has 0 bridgehead atoms. The molecule has 1 amide bonds. The van der Waals surface area contributed by atoms with Gasteiger partial charge in [0.2, 0.25) is 5.91 Å². The zero-order chi connectivity index (χ0) is 13.7. The summed E-state index contributed by atoms with van der Waals surface area (Å²) >= 11 is 0. The summed E-state index contributed by atoms with van der Waals surface area (Å²) in [6.45, 7) is 3.26. The topological polar surface area (TPSA) is 41.6 Å². The maximum Gasteiger partial charge on any atom is 0.240 e. The van der Waals surface area contributed by atoms with Crippen molar-refractivity contribution in [1.82, 2.24) is 5.32 Å². The van der Waals surface area contributed by atoms with E-state index in [1.807, 2.05) is 30.3 Å². The van der Waals surface area contributed by atoms with E-state index in [9.17, 15) is 4.79 Å². The van der Waals surface area contributed by atoms with E-state index >= 15 is 0 Å². The van der Waals surface area contributed by atoms with Gasteiger partial charge in [0.05, 0.1) is 12.6 Å². The molecule has 104 valence electrons. The first kappa shape index (κ1) is 14.0. The summed E-state index contributed by atoms with van der Waals surface area (Å²) in [4.78, 5) is 13.8. The van der Waals surface area contributed by atoms with E-state index in [1.54, 1.807) is 11.9 Å². The molecule has 4 heteroatoms. The van der Waals surface area contributed by atoms with Crippen molar-refractivity contribution in [3.05, 3.63) is 30.3 Å². The number of amides is 1. The van der Waals surface area contributed by atoms with Crippen LogP contribution in [0, 0.1) is 0 Å². The first-order chi connectivity index (χ1) is 9.18. The van der Waals surface area contributed by atoms with Crippen LogP contribution in [-0.2, 0) is 9.53 Å². The molecule has 1 aliphatic rings. The molecular weight excluding hydrogens is 240 g/mol. The molecule has 4 nitrogen and oxygen atoms in total. The van der Waals surface area contributed by atoms with Crippen molar-refractivity contribution in [2.45, 2.75) is 31.9 Å². The quantitative estimate of drug-likeness (QED) is 0.880. The lowest BCUT2D eigenvalue weighted by molar-refractivity contribution is -0.117. The number of ether oxygens (including phenoxy) is 1. The molecule has 1 aromatic rings. The van der Waals surface area contributed by atoms with Crippen LogP contribution in [0.2, 0.25) is 0 Å². The van der Waals surface area contributed by atoms with Gasteiger partial charge >= 0.3 is 0 Å². The number of anilines is 1. The second-order valence-electron chi connectivity index (χ2n) is 5.01. The van der Waals surface area contributed by atoms with E-state index in [-0.39, 0.29) is 18.1 Å². The molecule has 1 N–H and O–H groups in total. The average Bonchev–Trinajstić information content (AvgIpc) is 2.98. The monoisotopic (exact) mass is 262 g/mol. The van der Waals surface area contributed by atoms with Crippen LogP contribution in [0.1, 0.15) is 19.8 Å². The van der Waals surface area contributed by atoms with Gasteiger partial charge in [-0.3, -0.25) is 4.79 Å². The maximum absolute atomic E-state index is 12.1. The van der Waals surface area contributed by atoms with Gasteiger partial charge in [-0.15, -0.1) is 0 Å². The number of nitrogens with zero attached hydrogens (tertiary/aromatic N) is 1. The molecule has 2 rings (SSSR count). The lowest BCUT2D eigenvalue weighted by Crippen LogP contribution is -2.43. The van der Waals surface area contributed by atoms with Crippen LogP contribution in [0.15, 0.2) is 30.3 Å². The molecule has 2 atom stereocenters. The zero-order valence-electron chi connectivity index (χ0n) is 11.6. The molecule has 1 fully saturated rings. The molecule has 1 heterocycles. The van der Waals surface area contributed by atoms with Gasteiger partial charge in [-0.25, -0.2) is 0 Å². The van der Waals surface area contributed by atoms with Crippen LogP contribution in [0.3, 0.4) is 0 Å². The summed E-state index contributed by atoms with van der Waals surface area (Å²) in [5.74, 6) is 0.0658. The summed E-state index contributed by atoms with van der Waals surface area (Å²) in [5, 5.41) is 3.26. The predicted octanol–water partition coefficient (Wildman–Crippen LogP) is 1.81. The molecule has 0 aromatic heterocycles. The summed E-state index contributed by atoms with van der Waals surface area (Å²) < 4.78 is 5.60. The number of carbonyl (C=O) groups excluding carboxylic acids is 1. The Hall–Kier alpha value is -1.39. The third-order valence-electron chi connectivity index (χ3n) is 3.62. The van der Waals surface area contributed by atoms with Gasteiger partial charge in [-0.1, -0.05) is 18.2 Å². The van der Waals surface area contributed by atoms with E-state index < -0.39 is 0 Å².